The van der Waals surface area contributed by atoms with E-state index in [1.165, 1.54) is 12.1 Å². The third-order valence-corrected chi connectivity index (χ3v) is 6.66. The van der Waals surface area contributed by atoms with Crippen molar-refractivity contribution in [1.82, 2.24) is 0 Å². The number of benzene rings is 3. The van der Waals surface area contributed by atoms with Crippen LogP contribution in [0, 0.1) is 0 Å². The van der Waals surface area contributed by atoms with Gasteiger partial charge in [0, 0.05) is 5.69 Å². The van der Waals surface area contributed by atoms with Crippen LogP contribution in [-0.4, -0.2) is 38.9 Å². The molecule has 3 rings (SSSR count). The first-order chi connectivity index (χ1) is 14.6. The first-order valence-electron chi connectivity index (χ1n) is 8.08. The number of nitrogens with zero attached hydrogens (tertiary/aromatic N) is 2. The molecule has 3 N–H and O–H groups in total. The molecule has 35 heavy (non-hydrogen) atoms. The van der Waals surface area contributed by atoms with Crippen LogP contribution in [0.2, 0.25) is 0 Å². The van der Waals surface area contributed by atoms with Gasteiger partial charge < -0.3 is 19.9 Å². The molecule has 3 aromatic carbocycles. The van der Waals surface area contributed by atoms with Crippen LogP contribution in [0.15, 0.2) is 67.4 Å². The minimum absolute atomic E-state index is 0. The first kappa shape index (κ1) is 34.9. The van der Waals surface area contributed by atoms with Gasteiger partial charge in [-0.1, -0.05) is 17.9 Å². The molecule has 0 bridgehead atoms. The molecular weight excluding hydrogens is 559 g/mol. The molecular formula is C16H10N3Na3O10S3. The molecule has 0 aromatic heterocycles. The Morgan fingerprint density at radius 1 is 0.800 bits per heavy atom. The van der Waals surface area contributed by atoms with E-state index in [-0.39, 0.29) is 88.7 Å². The van der Waals surface area contributed by atoms with Crippen molar-refractivity contribution in [2.45, 2.75) is 14.7 Å². The number of azo groups is 1. The quantitative estimate of drug-likeness (QED) is 0.126. The molecule has 0 saturated heterocycles. The predicted octanol–water partition coefficient (Wildman–Crippen LogP) is -8.02. The molecule has 0 radical (unpaired) electrons. The fraction of sp³-hybridized carbons (Fsp3) is 0. The van der Waals surface area contributed by atoms with Gasteiger partial charge in [-0.2, -0.15) is 8.42 Å². The zero-order valence-corrected chi connectivity index (χ0v) is 26.8. The van der Waals surface area contributed by atoms with Crippen LogP contribution in [-0.2, 0) is 30.4 Å². The number of hydrogen-bond acceptors (Lipinski definition) is 12. The van der Waals surface area contributed by atoms with Crippen molar-refractivity contribution in [2.75, 3.05) is 5.73 Å². The van der Waals surface area contributed by atoms with Crippen LogP contribution in [0.25, 0.3) is 10.8 Å². The Hall–Kier alpha value is -0.150. The summed E-state index contributed by atoms with van der Waals surface area (Å²) in [7, 11) is -15.2. The third-order valence-electron chi connectivity index (χ3n) is 4.09. The number of hydrogen-bond donors (Lipinski definition) is 2. The van der Waals surface area contributed by atoms with E-state index in [9.17, 15) is 44.0 Å². The summed E-state index contributed by atoms with van der Waals surface area (Å²) in [5.74, 6) is -1.23. The van der Waals surface area contributed by atoms with Crippen molar-refractivity contribution >= 4 is 58.2 Å². The smallest absolute Gasteiger partial charge is 0.870 e. The molecule has 0 amide bonds. The van der Waals surface area contributed by atoms with Crippen LogP contribution in [0.5, 0.6) is 5.75 Å². The SMILES string of the molecule is Nc1cc(S(=O)(=O)[O-])cc2cc(S(=O)(=O)O)c(N=Nc3ccccc3S(=O)(=O)[O-])c([O-])c12.[Na+].[Na+].[Na+]. The molecule has 19 heteroatoms. The molecule has 0 saturated carbocycles. The molecule has 0 aliphatic carbocycles. The maximum Gasteiger partial charge on any atom is 1.00 e. The second-order valence-corrected chi connectivity index (χ2v) is 10.3. The van der Waals surface area contributed by atoms with Crippen molar-refractivity contribution in [3.8, 4) is 5.75 Å². The van der Waals surface area contributed by atoms with Gasteiger partial charge in [-0.05, 0) is 41.1 Å². The molecule has 13 nitrogen and oxygen atoms in total. The number of fused-ring (bicyclic) bond motifs is 1. The number of anilines is 1. The maximum atomic E-state index is 12.9. The molecule has 0 fully saturated rings. The van der Waals surface area contributed by atoms with Crippen molar-refractivity contribution in [1.29, 1.82) is 0 Å². The molecule has 3 aromatic rings. The van der Waals surface area contributed by atoms with Crippen molar-refractivity contribution < 1.29 is 133 Å². The van der Waals surface area contributed by atoms with E-state index < -0.39 is 78.6 Å². The van der Waals surface area contributed by atoms with Gasteiger partial charge in [-0.15, -0.1) is 10.2 Å². The minimum atomic E-state index is -5.15. The Morgan fingerprint density at radius 3 is 1.89 bits per heavy atom. The van der Waals surface area contributed by atoms with E-state index in [1.807, 2.05) is 0 Å². The molecule has 0 heterocycles. The zero-order chi connectivity index (χ0) is 24.1. The van der Waals surface area contributed by atoms with Crippen LogP contribution < -0.4 is 99.5 Å². The van der Waals surface area contributed by atoms with Gasteiger partial charge in [0.2, 0.25) is 0 Å². The first-order valence-corrected chi connectivity index (χ1v) is 12.3. The van der Waals surface area contributed by atoms with Crippen LogP contribution in [0.4, 0.5) is 17.1 Å². The summed E-state index contributed by atoms with van der Waals surface area (Å²) < 4.78 is 101. The number of nitrogens with two attached hydrogens (primary N) is 1. The standard InChI is InChI=1S/C16H13N3O10S3.3Na/c17-10-7-9(30(21,22)23)5-8-6-13(32(27,28)29)15(16(20)14(8)10)19-18-11-3-1-2-4-12(11)31(24,25)26;;;/h1-7,20H,17H2,(H,21,22,23)(H,24,25,26)(H,27,28,29);;;/q;3*+1/p-3. The van der Waals surface area contributed by atoms with Crippen LogP contribution >= 0.6 is 0 Å². The molecule has 170 valence electrons. The Labute approximate surface area is 266 Å². The molecule has 0 unspecified atom stereocenters. The fourth-order valence-corrected chi connectivity index (χ4v) is 4.57. The Bertz CT molecular complexity index is 1630. The fourth-order valence-electron chi connectivity index (χ4n) is 2.77. The normalized spacial score (nSPS) is 12.0. The summed E-state index contributed by atoms with van der Waals surface area (Å²) in [6.07, 6.45) is 0. The van der Waals surface area contributed by atoms with Gasteiger partial charge in [-0.25, -0.2) is 16.8 Å². The number of nitrogen functional groups attached to an aromatic ring is 1. The second-order valence-electron chi connectivity index (χ2n) is 6.21. The van der Waals surface area contributed by atoms with Gasteiger partial charge in [0.1, 0.15) is 30.8 Å². The largest absolute Gasteiger partial charge is 1.00 e. The molecule has 0 aliphatic heterocycles. The zero-order valence-electron chi connectivity index (χ0n) is 18.4. The van der Waals surface area contributed by atoms with E-state index in [2.05, 4.69) is 10.2 Å². The monoisotopic (exact) mass is 569 g/mol. The van der Waals surface area contributed by atoms with E-state index >= 15 is 0 Å². The Kier molecular flexibility index (Phi) is 12.5. The van der Waals surface area contributed by atoms with Crippen molar-refractivity contribution in [3.05, 3.63) is 42.5 Å². The predicted molar refractivity (Wildman–Crippen MR) is 104 cm³/mol. The summed E-state index contributed by atoms with van der Waals surface area (Å²) in [6, 6.07) is 6.46. The van der Waals surface area contributed by atoms with Gasteiger partial charge in [0.25, 0.3) is 10.1 Å². The van der Waals surface area contributed by atoms with Gasteiger partial charge in [0.15, 0.2) is 0 Å². The van der Waals surface area contributed by atoms with Crippen molar-refractivity contribution in [2.24, 2.45) is 10.2 Å². The van der Waals surface area contributed by atoms with E-state index in [4.69, 9.17) is 5.73 Å². The van der Waals surface area contributed by atoms with Crippen LogP contribution in [0.1, 0.15) is 0 Å². The second kappa shape index (κ2) is 12.6. The minimum Gasteiger partial charge on any atom is -0.870 e. The van der Waals surface area contributed by atoms with E-state index in [1.54, 1.807) is 0 Å². The Morgan fingerprint density at radius 2 is 1.37 bits per heavy atom. The molecule has 0 atom stereocenters. The molecule has 0 spiro atoms. The van der Waals surface area contributed by atoms with Gasteiger partial charge >= 0.3 is 88.7 Å². The van der Waals surface area contributed by atoms with Gasteiger partial charge in [0.05, 0.1) is 15.5 Å². The topological polar surface area (TPSA) is 243 Å². The van der Waals surface area contributed by atoms with E-state index in [0.29, 0.717) is 18.2 Å². The molecule has 0 aliphatic rings. The summed E-state index contributed by atoms with van der Waals surface area (Å²) >= 11 is 0. The van der Waals surface area contributed by atoms with Crippen LogP contribution in [0.3, 0.4) is 0 Å². The summed E-state index contributed by atoms with van der Waals surface area (Å²) in [4.78, 5) is -2.79. The average Bonchev–Trinajstić information content (AvgIpc) is 2.64. The maximum absolute atomic E-state index is 12.9. The van der Waals surface area contributed by atoms with E-state index in [0.717, 1.165) is 12.1 Å². The summed E-state index contributed by atoms with van der Waals surface area (Å²) in [5.41, 5.74) is 3.63. The summed E-state index contributed by atoms with van der Waals surface area (Å²) in [5, 5.41) is 18.9. The Balaban J connectivity index is 0.00000385. The van der Waals surface area contributed by atoms with Gasteiger partial charge in [-0.3, -0.25) is 4.55 Å². The third kappa shape index (κ3) is 7.92. The summed E-state index contributed by atoms with van der Waals surface area (Å²) in [6.45, 7) is 0. The number of rotatable bonds is 5. The average molecular weight is 569 g/mol. The van der Waals surface area contributed by atoms with Crippen molar-refractivity contribution in [3.63, 3.8) is 0 Å².